The zero-order valence-corrected chi connectivity index (χ0v) is 12.5. The number of hydrogen-bond acceptors (Lipinski definition) is 3. The average molecular weight is 266 g/mol. The maximum Gasteiger partial charge on any atom is 0.289 e. The van der Waals surface area contributed by atoms with Crippen LogP contribution >= 0.6 is 0 Å². The van der Waals surface area contributed by atoms with Gasteiger partial charge in [0.15, 0.2) is 5.76 Å². The molecule has 0 aliphatic rings. The number of hydrogen-bond donors (Lipinski definition) is 1. The molecule has 4 nitrogen and oxygen atoms in total. The summed E-state index contributed by atoms with van der Waals surface area (Å²) in [7, 11) is 0. The molecule has 4 heteroatoms. The van der Waals surface area contributed by atoms with Crippen LogP contribution in [0.1, 0.15) is 50.4 Å². The lowest BCUT2D eigenvalue weighted by molar-refractivity contribution is 0.0656. The Morgan fingerprint density at radius 2 is 2.05 bits per heavy atom. The van der Waals surface area contributed by atoms with Crippen LogP contribution in [-0.4, -0.2) is 30.4 Å². The van der Waals surface area contributed by atoms with Crippen LogP contribution in [0.25, 0.3) is 0 Å². The molecule has 1 rings (SSSR count). The molecule has 0 unspecified atom stereocenters. The van der Waals surface area contributed by atoms with Gasteiger partial charge in [-0.25, -0.2) is 0 Å². The molecule has 0 spiro atoms. The lowest BCUT2D eigenvalue weighted by Crippen LogP contribution is -2.42. The van der Waals surface area contributed by atoms with Crippen molar-refractivity contribution in [2.75, 3.05) is 19.6 Å². The van der Waals surface area contributed by atoms with Crippen molar-refractivity contribution in [3.8, 4) is 0 Å². The van der Waals surface area contributed by atoms with E-state index in [1.165, 1.54) is 0 Å². The number of furan rings is 1. The molecule has 0 radical (unpaired) electrons. The van der Waals surface area contributed by atoms with Gasteiger partial charge in [-0.15, -0.1) is 0 Å². The highest BCUT2D eigenvalue weighted by Gasteiger charge is 2.25. The van der Waals surface area contributed by atoms with Crippen LogP contribution in [-0.2, 0) is 6.42 Å². The minimum atomic E-state index is -0.0784. The molecular formula is C15H26N2O2. The van der Waals surface area contributed by atoms with Gasteiger partial charge in [0, 0.05) is 19.5 Å². The summed E-state index contributed by atoms with van der Waals surface area (Å²) in [4.78, 5) is 14.3. The van der Waals surface area contributed by atoms with E-state index in [0.29, 0.717) is 18.8 Å². The molecule has 0 aromatic carbocycles. The van der Waals surface area contributed by atoms with Crippen molar-refractivity contribution in [2.45, 2.75) is 40.5 Å². The summed E-state index contributed by atoms with van der Waals surface area (Å²) < 4.78 is 5.55. The van der Waals surface area contributed by atoms with E-state index in [4.69, 9.17) is 10.2 Å². The summed E-state index contributed by atoms with van der Waals surface area (Å²) in [5.74, 6) is 1.24. The van der Waals surface area contributed by atoms with E-state index in [0.717, 1.165) is 25.1 Å². The topological polar surface area (TPSA) is 59.5 Å². The fourth-order valence-electron chi connectivity index (χ4n) is 1.94. The van der Waals surface area contributed by atoms with Gasteiger partial charge in [0.1, 0.15) is 5.76 Å². The van der Waals surface area contributed by atoms with Crippen molar-refractivity contribution in [1.29, 1.82) is 0 Å². The Balaban J connectivity index is 2.83. The molecule has 1 amide bonds. The molecule has 0 fully saturated rings. The molecule has 0 aliphatic heterocycles. The molecule has 1 aromatic heterocycles. The van der Waals surface area contributed by atoms with Crippen molar-refractivity contribution in [1.82, 2.24) is 4.90 Å². The number of aryl methyl sites for hydroxylation is 1. The Hall–Kier alpha value is -1.29. The number of carbonyl (C=O) groups is 1. The molecule has 0 aliphatic carbocycles. The fraction of sp³-hybridized carbons (Fsp3) is 0.667. The van der Waals surface area contributed by atoms with Gasteiger partial charge in [0.05, 0.1) is 0 Å². The predicted molar refractivity (Wildman–Crippen MR) is 77.1 cm³/mol. The quantitative estimate of drug-likeness (QED) is 0.825. The van der Waals surface area contributed by atoms with Crippen LogP contribution in [0, 0.1) is 5.41 Å². The van der Waals surface area contributed by atoms with Gasteiger partial charge in [0.25, 0.3) is 5.91 Å². The third-order valence-corrected chi connectivity index (χ3v) is 3.17. The number of nitrogens with zero attached hydrogens (tertiary/aromatic N) is 1. The normalized spacial score (nSPS) is 11.6. The summed E-state index contributed by atoms with van der Waals surface area (Å²) in [6.07, 6.45) is 1.73. The van der Waals surface area contributed by atoms with Crippen LogP contribution in [0.4, 0.5) is 0 Å². The first-order valence-corrected chi connectivity index (χ1v) is 7.01. The summed E-state index contributed by atoms with van der Waals surface area (Å²) in [5, 5.41) is 0. The highest BCUT2D eigenvalue weighted by molar-refractivity contribution is 5.91. The zero-order valence-electron chi connectivity index (χ0n) is 12.5. The fourth-order valence-corrected chi connectivity index (χ4v) is 1.94. The van der Waals surface area contributed by atoms with E-state index in [1.54, 1.807) is 6.07 Å². The van der Waals surface area contributed by atoms with Crippen molar-refractivity contribution >= 4 is 5.91 Å². The van der Waals surface area contributed by atoms with Crippen molar-refractivity contribution in [2.24, 2.45) is 11.1 Å². The van der Waals surface area contributed by atoms with Crippen molar-refractivity contribution < 1.29 is 9.21 Å². The second-order valence-corrected chi connectivity index (χ2v) is 5.71. The summed E-state index contributed by atoms with van der Waals surface area (Å²) >= 11 is 0. The standard InChI is InChI=1S/C15H26N2O2/c1-5-9-17(11-15(3,4)10-16)14(18)13-8-7-12(6-2)19-13/h7-8H,5-6,9-11,16H2,1-4H3. The third-order valence-electron chi connectivity index (χ3n) is 3.17. The number of carbonyl (C=O) groups excluding carboxylic acids is 1. The molecule has 1 aromatic rings. The van der Waals surface area contributed by atoms with Crippen LogP contribution < -0.4 is 5.73 Å². The van der Waals surface area contributed by atoms with Crippen LogP contribution in [0.5, 0.6) is 0 Å². The molecule has 2 N–H and O–H groups in total. The highest BCUT2D eigenvalue weighted by atomic mass is 16.4. The van der Waals surface area contributed by atoms with Crippen LogP contribution in [0.15, 0.2) is 16.5 Å². The highest BCUT2D eigenvalue weighted by Crippen LogP contribution is 2.18. The number of rotatable bonds is 7. The summed E-state index contributed by atoms with van der Waals surface area (Å²) in [5.41, 5.74) is 5.68. The van der Waals surface area contributed by atoms with E-state index < -0.39 is 0 Å². The SMILES string of the molecule is CCCN(CC(C)(C)CN)C(=O)c1ccc(CC)o1. The molecule has 0 atom stereocenters. The lowest BCUT2D eigenvalue weighted by atomic mass is 9.93. The Labute approximate surface area is 116 Å². The molecule has 0 saturated heterocycles. The van der Waals surface area contributed by atoms with Crippen LogP contribution in [0.2, 0.25) is 0 Å². The minimum Gasteiger partial charge on any atom is -0.456 e. The average Bonchev–Trinajstić information content (AvgIpc) is 2.86. The molecule has 19 heavy (non-hydrogen) atoms. The zero-order chi connectivity index (χ0) is 14.5. The van der Waals surface area contributed by atoms with E-state index >= 15 is 0 Å². The Morgan fingerprint density at radius 3 is 2.53 bits per heavy atom. The molecule has 0 bridgehead atoms. The smallest absolute Gasteiger partial charge is 0.289 e. The van der Waals surface area contributed by atoms with E-state index in [-0.39, 0.29) is 11.3 Å². The van der Waals surface area contributed by atoms with Gasteiger partial charge in [0.2, 0.25) is 0 Å². The van der Waals surface area contributed by atoms with Gasteiger partial charge < -0.3 is 15.1 Å². The second kappa shape index (κ2) is 6.75. The van der Waals surface area contributed by atoms with Gasteiger partial charge in [-0.3, -0.25) is 4.79 Å². The van der Waals surface area contributed by atoms with Gasteiger partial charge >= 0.3 is 0 Å². The molecule has 0 saturated carbocycles. The first-order valence-electron chi connectivity index (χ1n) is 7.01. The van der Waals surface area contributed by atoms with E-state index in [1.807, 2.05) is 17.9 Å². The summed E-state index contributed by atoms with van der Waals surface area (Å²) in [6.45, 7) is 10.1. The third kappa shape index (κ3) is 4.39. The van der Waals surface area contributed by atoms with Gasteiger partial charge in [-0.1, -0.05) is 27.7 Å². The number of amides is 1. The first-order chi connectivity index (χ1) is 8.93. The number of nitrogens with two attached hydrogens (primary N) is 1. The maximum atomic E-state index is 12.4. The lowest BCUT2D eigenvalue weighted by Gasteiger charge is -2.31. The second-order valence-electron chi connectivity index (χ2n) is 5.71. The van der Waals surface area contributed by atoms with Crippen molar-refractivity contribution in [3.63, 3.8) is 0 Å². The molecular weight excluding hydrogens is 240 g/mol. The Kier molecular flexibility index (Phi) is 5.60. The van der Waals surface area contributed by atoms with E-state index in [2.05, 4.69) is 20.8 Å². The monoisotopic (exact) mass is 266 g/mol. The Morgan fingerprint density at radius 1 is 1.37 bits per heavy atom. The molecule has 1 heterocycles. The minimum absolute atomic E-state index is 0.0388. The summed E-state index contributed by atoms with van der Waals surface area (Å²) in [6, 6.07) is 3.63. The largest absolute Gasteiger partial charge is 0.456 e. The maximum absolute atomic E-state index is 12.4. The van der Waals surface area contributed by atoms with E-state index in [9.17, 15) is 4.79 Å². The van der Waals surface area contributed by atoms with Gasteiger partial charge in [-0.2, -0.15) is 0 Å². The molecule has 108 valence electrons. The Bertz CT molecular complexity index is 410. The van der Waals surface area contributed by atoms with Gasteiger partial charge in [-0.05, 0) is 30.5 Å². The van der Waals surface area contributed by atoms with Crippen LogP contribution in [0.3, 0.4) is 0 Å². The predicted octanol–water partition coefficient (Wildman–Crippen LogP) is 2.68. The first kappa shape index (κ1) is 15.8. The van der Waals surface area contributed by atoms with Crippen molar-refractivity contribution in [3.05, 3.63) is 23.7 Å².